The Hall–Kier alpha value is -1.36. The first-order chi connectivity index (χ1) is 5.07. The van der Waals surface area contributed by atoms with Crippen LogP contribution in [-0.2, 0) is 4.79 Å². The van der Waals surface area contributed by atoms with Crippen molar-refractivity contribution in [2.45, 2.75) is 6.10 Å². The summed E-state index contributed by atoms with van der Waals surface area (Å²) < 4.78 is 0. The number of carboxylic acid groups (broad SMARTS) is 1. The van der Waals surface area contributed by atoms with Crippen LogP contribution < -0.4 is 5.32 Å². The summed E-state index contributed by atoms with van der Waals surface area (Å²) in [6, 6.07) is 0. The predicted octanol–water partition coefficient (Wildman–Crippen LogP) is -0.630. The molecule has 0 rings (SSSR count). The van der Waals surface area contributed by atoms with E-state index < -0.39 is 18.0 Å². The molecular formula is C6H9NO4. The van der Waals surface area contributed by atoms with Crippen LogP contribution in [0.5, 0.6) is 0 Å². The van der Waals surface area contributed by atoms with E-state index in [-0.39, 0.29) is 6.54 Å². The van der Waals surface area contributed by atoms with E-state index >= 15 is 0 Å². The zero-order valence-electron chi connectivity index (χ0n) is 5.78. The quantitative estimate of drug-likeness (QED) is 0.476. The molecule has 11 heavy (non-hydrogen) atoms. The average Bonchev–Trinajstić information content (AvgIpc) is 1.98. The number of rotatable bonds is 4. The van der Waals surface area contributed by atoms with Gasteiger partial charge in [0.05, 0.1) is 6.54 Å². The number of ketones is 1. The Morgan fingerprint density at radius 3 is 2.55 bits per heavy atom. The molecule has 0 aliphatic carbocycles. The van der Waals surface area contributed by atoms with Crippen LogP contribution in [0.3, 0.4) is 0 Å². The van der Waals surface area contributed by atoms with Gasteiger partial charge in [-0.05, 0) is 6.08 Å². The van der Waals surface area contributed by atoms with Gasteiger partial charge >= 0.3 is 6.09 Å². The van der Waals surface area contributed by atoms with Crippen LogP contribution in [0.1, 0.15) is 0 Å². The van der Waals surface area contributed by atoms with Crippen LogP contribution in [0.15, 0.2) is 12.7 Å². The van der Waals surface area contributed by atoms with E-state index in [4.69, 9.17) is 10.2 Å². The second-order valence-electron chi connectivity index (χ2n) is 1.81. The number of aliphatic hydroxyl groups excluding tert-OH is 1. The van der Waals surface area contributed by atoms with Crippen molar-refractivity contribution in [1.29, 1.82) is 0 Å². The first kappa shape index (κ1) is 9.64. The molecule has 0 fully saturated rings. The highest BCUT2D eigenvalue weighted by atomic mass is 16.4. The van der Waals surface area contributed by atoms with Gasteiger partial charge in [0.15, 0.2) is 5.78 Å². The van der Waals surface area contributed by atoms with Crippen molar-refractivity contribution in [3.8, 4) is 0 Å². The number of aliphatic hydroxyl groups is 1. The minimum Gasteiger partial charge on any atom is -0.465 e. The van der Waals surface area contributed by atoms with E-state index in [0.29, 0.717) is 0 Å². The minimum atomic E-state index is -1.33. The van der Waals surface area contributed by atoms with E-state index in [0.717, 1.165) is 6.08 Å². The van der Waals surface area contributed by atoms with E-state index in [1.807, 2.05) is 5.32 Å². The zero-order valence-corrected chi connectivity index (χ0v) is 5.78. The van der Waals surface area contributed by atoms with Gasteiger partial charge in [0, 0.05) is 0 Å². The van der Waals surface area contributed by atoms with Gasteiger partial charge < -0.3 is 15.5 Å². The van der Waals surface area contributed by atoms with Crippen molar-refractivity contribution in [2.75, 3.05) is 6.54 Å². The molecule has 3 N–H and O–H groups in total. The molecule has 0 aromatic heterocycles. The number of carbonyl (C=O) groups is 2. The standard InChI is InChI=1S/C6H9NO4/c1-2-4(8)5(9)3-7-6(10)11/h2,5,7,9H,1,3H2,(H,10,11). The highest BCUT2D eigenvalue weighted by Gasteiger charge is 2.11. The Kier molecular flexibility index (Phi) is 3.90. The number of hydrogen-bond donors (Lipinski definition) is 3. The summed E-state index contributed by atoms with van der Waals surface area (Å²) in [7, 11) is 0. The molecule has 1 unspecified atom stereocenters. The lowest BCUT2D eigenvalue weighted by molar-refractivity contribution is -0.121. The number of carbonyl (C=O) groups excluding carboxylic acids is 1. The van der Waals surface area contributed by atoms with Gasteiger partial charge in [0.1, 0.15) is 6.10 Å². The Morgan fingerprint density at radius 2 is 2.18 bits per heavy atom. The van der Waals surface area contributed by atoms with Crippen molar-refractivity contribution in [3.05, 3.63) is 12.7 Å². The molecule has 1 amide bonds. The molecule has 0 aliphatic rings. The molecule has 0 saturated carbocycles. The van der Waals surface area contributed by atoms with Crippen molar-refractivity contribution in [3.63, 3.8) is 0 Å². The van der Waals surface area contributed by atoms with Gasteiger partial charge in [-0.15, -0.1) is 0 Å². The topological polar surface area (TPSA) is 86.6 Å². The maximum Gasteiger partial charge on any atom is 0.404 e. The summed E-state index contributed by atoms with van der Waals surface area (Å²) in [5, 5.41) is 18.7. The molecule has 0 heterocycles. The monoisotopic (exact) mass is 159 g/mol. The first-order valence-electron chi connectivity index (χ1n) is 2.89. The maximum absolute atomic E-state index is 10.5. The number of nitrogens with one attached hydrogen (secondary N) is 1. The fourth-order valence-electron chi connectivity index (χ4n) is 0.421. The number of amides is 1. The van der Waals surface area contributed by atoms with Gasteiger partial charge in [-0.3, -0.25) is 4.79 Å². The lowest BCUT2D eigenvalue weighted by Gasteiger charge is -2.04. The molecule has 0 spiro atoms. The fraction of sp³-hybridized carbons (Fsp3) is 0.333. The fourth-order valence-corrected chi connectivity index (χ4v) is 0.421. The van der Waals surface area contributed by atoms with E-state index in [1.54, 1.807) is 0 Å². The minimum absolute atomic E-state index is 0.305. The second kappa shape index (κ2) is 4.45. The summed E-state index contributed by atoms with van der Waals surface area (Å²) in [6.07, 6.45) is -1.67. The van der Waals surface area contributed by atoms with Crippen molar-refractivity contribution < 1.29 is 19.8 Å². The third-order valence-corrected chi connectivity index (χ3v) is 0.976. The van der Waals surface area contributed by atoms with Crippen molar-refractivity contribution in [2.24, 2.45) is 0 Å². The summed E-state index contributed by atoms with van der Waals surface area (Å²) in [4.78, 5) is 20.4. The van der Waals surface area contributed by atoms with Crippen molar-refractivity contribution >= 4 is 11.9 Å². The Balaban J connectivity index is 3.68. The van der Waals surface area contributed by atoms with E-state index in [9.17, 15) is 9.59 Å². The Bertz CT molecular complexity index is 177. The van der Waals surface area contributed by atoms with Crippen LogP contribution >= 0.6 is 0 Å². The van der Waals surface area contributed by atoms with Gasteiger partial charge in [-0.25, -0.2) is 4.79 Å². The van der Waals surface area contributed by atoms with Gasteiger partial charge in [0.2, 0.25) is 0 Å². The molecule has 0 aliphatic heterocycles. The molecule has 0 saturated heterocycles. The van der Waals surface area contributed by atoms with Crippen LogP contribution in [0.25, 0.3) is 0 Å². The summed E-state index contributed by atoms with van der Waals surface area (Å²) in [6.45, 7) is 2.82. The molecule has 62 valence electrons. The van der Waals surface area contributed by atoms with Gasteiger partial charge in [-0.2, -0.15) is 0 Å². The maximum atomic E-state index is 10.5. The lowest BCUT2D eigenvalue weighted by Crippen LogP contribution is -2.34. The summed E-state index contributed by atoms with van der Waals surface area (Å²) in [5.41, 5.74) is 0. The third-order valence-electron chi connectivity index (χ3n) is 0.976. The molecule has 5 nitrogen and oxygen atoms in total. The van der Waals surface area contributed by atoms with Gasteiger partial charge in [-0.1, -0.05) is 6.58 Å². The van der Waals surface area contributed by atoms with Crippen molar-refractivity contribution in [1.82, 2.24) is 5.32 Å². The molecule has 5 heteroatoms. The first-order valence-corrected chi connectivity index (χ1v) is 2.89. The summed E-state index contributed by atoms with van der Waals surface area (Å²) >= 11 is 0. The molecular weight excluding hydrogens is 150 g/mol. The van der Waals surface area contributed by atoms with E-state index in [2.05, 4.69) is 6.58 Å². The summed E-state index contributed by atoms with van der Waals surface area (Å²) in [5.74, 6) is -0.598. The largest absolute Gasteiger partial charge is 0.465 e. The normalized spacial score (nSPS) is 11.7. The molecule has 0 bridgehead atoms. The molecule has 0 aromatic carbocycles. The van der Waals surface area contributed by atoms with Gasteiger partial charge in [0.25, 0.3) is 0 Å². The van der Waals surface area contributed by atoms with Crippen LogP contribution in [0.2, 0.25) is 0 Å². The van der Waals surface area contributed by atoms with Crippen LogP contribution in [-0.4, -0.2) is 34.7 Å². The predicted molar refractivity (Wildman–Crippen MR) is 37.2 cm³/mol. The van der Waals surface area contributed by atoms with Crippen LogP contribution in [0.4, 0.5) is 4.79 Å². The molecule has 0 radical (unpaired) electrons. The third kappa shape index (κ3) is 4.10. The second-order valence-corrected chi connectivity index (χ2v) is 1.81. The van der Waals surface area contributed by atoms with E-state index in [1.165, 1.54) is 0 Å². The molecule has 1 atom stereocenters. The smallest absolute Gasteiger partial charge is 0.404 e. The molecule has 0 aromatic rings. The Morgan fingerprint density at radius 1 is 1.64 bits per heavy atom. The zero-order chi connectivity index (χ0) is 8.85. The lowest BCUT2D eigenvalue weighted by atomic mass is 10.2. The highest BCUT2D eigenvalue weighted by Crippen LogP contribution is 1.84. The number of hydrogen-bond acceptors (Lipinski definition) is 3. The Labute approximate surface area is 63.3 Å². The highest BCUT2D eigenvalue weighted by molar-refractivity contribution is 5.93. The average molecular weight is 159 g/mol. The van der Waals surface area contributed by atoms with Crippen LogP contribution in [0, 0.1) is 0 Å². The SMILES string of the molecule is C=CC(=O)C(O)CNC(=O)O.